The van der Waals surface area contributed by atoms with E-state index in [1.165, 1.54) is 6.08 Å². The van der Waals surface area contributed by atoms with Gasteiger partial charge in [0.2, 0.25) is 5.78 Å². The molecule has 0 saturated heterocycles. The minimum absolute atomic E-state index is 0.122. The summed E-state index contributed by atoms with van der Waals surface area (Å²) in [5.74, 6) is -0.122. The van der Waals surface area contributed by atoms with Crippen molar-refractivity contribution in [2.75, 3.05) is 24.3 Å². The first-order chi connectivity index (χ1) is 9.66. The predicted octanol–water partition coefficient (Wildman–Crippen LogP) is 2.96. The second-order valence-electron chi connectivity index (χ2n) is 4.50. The molecule has 0 radical (unpaired) electrons. The minimum Gasteiger partial charge on any atom is -0.378 e. The zero-order chi connectivity index (χ0) is 14.4. The van der Waals surface area contributed by atoms with Gasteiger partial charge < -0.3 is 10.2 Å². The lowest BCUT2D eigenvalue weighted by molar-refractivity contribution is 0.104. The fourth-order valence-electron chi connectivity index (χ4n) is 1.66. The van der Waals surface area contributed by atoms with Crippen molar-refractivity contribution in [1.29, 1.82) is 0 Å². The van der Waals surface area contributed by atoms with Crippen LogP contribution in [-0.2, 0) is 0 Å². The Morgan fingerprint density at radius 2 is 1.90 bits per heavy atom. The zero-order valence-electron chi connectivity index (χ0n) is 11.6. The standard InChI is InChI=1S/C16H17N3O/c1-19(2)14-8-6-13(7-9-14)17-12-10-16(20)15-5-3-4-11-18-15/h3-12,17H,1-2H3/b12-10-. The summed E-state index contributed by atoms with van der Waals surface area (Å²) in [7, 11) is 3.99. The summed E-state index contributed by atoms with van der Waals surface area (Å²) >= 11 is 0. The number of pyridine rings is 1. The van der Waals surface area contributed by atoms with Gasteiger partial charge in [0, 0.05) is 43.9 Å². The smallest absolute Gasteiger partial charge is 0.205 e. The van der Waals surface area contributed by atoms with Gasteiger partial charge in [0.15, 0.2) is 0 Å². The van der Waals surface area contributed by atoms with Crippen LogP contribution in [0, 0.1) is 0 Å². The highest BCUT2D eigenvalue weighted by Crippen LogP contribution is 2.15. The van der Waals surface area contributed by atoms with E-state index in [2.05, 4.69) is 10.3 Å². The van der Waals surface area contributed by atoms with Crippen molar-refractivity contribution in [3.63, 3.8) is 0 Å². The highest BCUT2D eigenvalue weighted by atomic mass is 16.1. The molecule has 0 spiro atoms. The van der Waals surface area contributed by atoms with Crippen LogP contribution >= 0.6 is 0 Å². The number of nitrogens with one attached hydrogen (secondary N) is 1. The molecule has 1 aromatic heterocycles. The van der Waals surface area contributed by atoms with Crippen molar-refractivity contribution in [2.24, 2.45) is 0 Å². The molecule has 102 valence electrons. The Balaban J connectivity index is 1.95. The molecule has 2 aromatic rings. The van der Waals surface area contributed by atoms with Gasteiger partial charge in [-0.2, -0.15) is 0 Å². The van der Waals surface area contributed by atoms with E-state index in [-0.39, 0.29) is 5.78 Å². The number of hydrogen-bond donors (Lipinski definition) is 1. The maximum absolute atomic E-state index is 11.8. The second kappa shape index (κ2) is 6.52. The van der Waals surface area contributed by atoms with Gasteiger partial charge in [-0.3, -0.25) is 9.78 Å². The normalized spacial score (nSPS) is 10.5. The highest BCUT2D eigenvalue weighted by Gasteiger charge is 2.00. The number of nitrogens with zero attached hydrogens (tertiary/aromatic N) is 2. The molecule has 0 amide bonds. The summed E-state index contributed by atoms with van der Waals surface area (Å²) in [4.78, 5) is 17.8. The molecule has 0 aliphatic rings. The lowest BCUT2D eigenvalue weighted by atomic mass is 10.2. The number of hydrogen-bond acceptors (Lipinski definition) is 4. The van der Waals surface area contributed by atoms with Gasteiger partial charge in [-0.25, -0.2) is 0 Å². The monoisotopic (exact) mass is 267 g/mol. The minimum atomic E-state index is -0.122. The average Bonchev–Trinajstić information content (AvgIpc) is 2.48. The van der Waals surface area contributed by atoms with Crippen molar-refractivity contribution < 1.29 is 4.79 Å². The van der Waals surface area contributed by atoms with Gasteiger partial charge in [-0.1, -0.05) is 6.07 Å². The van der Waals surface area contributed by atoms with Crippen molar-refractivity contribution in [2.45, 2.75) is 0 Å². The van der Waals surface area contributed by atoms with Crippen LogP contribution in [0.1, 0.15) is 10.5 Å². The van der Waals surface area contributed by atoms with Gasteiger partial charge in [-0.15, -0.1) is 0 Å². The molecule has 1 N–H and O–H groups in total. The molecule has 0 fully saturated rings. The van der Waals surface area contributed by atoms with E-state index < -0.39 is 0 Å². The third-order valence-corrected chi connectivity index (χ3v) is 2.79. The van der Waals surface area contributed by atoms with E-state index in [4.69, 9.17) is 0 Å². The molecule has 0 aliphatic heterocycles. The van der Waals surface area contributed by atoms with Gasteiger partial charge in [0.25, 0.3) is 0 Å². The lowest BCUT2D eigenvalue weighted by Crippen LogP contribution is -2.08. The summed E-state index contributed by atoms with van der Waals surface area (Å²) in [5.41, 5.74) is 2.50. The Morgan fingerprint density at radius 3 is 2.50 bits per heavy atom. The Bertz CT molecular complexity index is 589. The Morgan fingerprint density at radius 1 is 1.15 bits per heavy atom. The summed E-state index contributed by atoms with van der Waals surface area (Å²) < 4.78 is 0. The molecule has 1 aromatic carbocycles. The fourth-order valence-corrected chi connectivity index (χ4v) is 1.66. The van der Waals surface area contributed by atoms with E-state index in [1.807, 2.05) is 43.3 Å². The van der Waals surface area contributed by atoms with Crippen LogP contribution in [0.25, 0.3) is 0 Å². The largest absolute Gasteiger partial charge is 0.378 e. The number of ketones is 1. The Labute approximate surface area is 118 Å². The van der Waals surface area contributed by atoms with Crippen LogP contribution < -0.4 is 10.2 Å². The summed E-state index contributed by atoms with van der Waals surface area (Å²) in [6.45, 7) is 0. The van der Waals surface area contributed by atoms with Crippen molar-refractivity contribution in [1.82, 2.24) is 4.98 Å². The molecule has 0 unspecified atom stereocenters. The molecular weight excluding hydrogens is 250 g/mol. The molecular formula is C16H17N3O. The van der Waals surface area contributed by atoms with E-state index in [1.54, 1.807) is 30.6 Å². The van der Waals surface area contributed by atoms with Crippen LogP contribution in [0.4, 0.5) is 11.4 Å². The maximum Gasteiger partial charge on any atom is 0.205 e. The van der Waals surface area contributed by atoms with E-state index in [9.17, 15) is 4.79 Å². The van der Waals surface area contributed by atoms with Crippen LogP contribution in [0.3, 0.4) is 0 Å². The molecule has 0 saturated carbocycles. The maximum atomic E-state index is 11.8. The van der Waals surface area contributed by atoms with Gasteiger partial charge in [0.1, 0.15) is 5.69 Å². The van der Waals surface area contributed by atoms with Crippen LogP contribution in [0.5, 0.6) is 0 Å². The third kappa shape index (κ3) is 3.68. The molecule has 0 aliphatic carbocycles. The van der Waals surface area contributed by atoms with Crippen LogP contribution in [0.2, 0.25) is 0 Å². The van der Waals surface area contributed by atoms with E-state index in [0.717, 1.165) is 11.4 Å². The fraction of sp³-hybridized carbons (Fsp3) is 0.125. The number of rotatable bonds is 5. The van der Waals surface area contributed by atoms with Crippen molar-refractivity contribution >= 4 is 17.2 Å². The van der Waals surface area contributed by atoms with Gasteiger partial charge in [-0.05, 0) is 36.4 Å². The Hall–Kier alpha value is -2.62. The molecule has 2 rings (SSSR count). The molecule has 4 nitrogen and oxygen atoms in total. The number of carbonyl (C=O) groups is 1. The highest BCUT2D eigenvalue weighted by molar-refractivity contribution is 6.03. The Kier molecular flexibility index (Phi) is 4.50. The quantitative estimate of drug-likeness (QED) is 0.668. The first-order valence-corrected chi connectivity index (χ1v) is 6.32. The van der Waals surface area contributed by atoms with Crippen molar-refractivity contribution in [3.8, 4) is 0 Å². The summed E-state index contributed by atoms with van der Waals surface area (Å²) in [6, 6.07) is 13.2. The lowest BCUT2D eigenvalue weighted by Gasteiger charge is -2.12. The second-order valence-corrected chi connectivity index (χ2v) is 4.50. The molecule has 4 heteroatoms. The van der Waals surface area contributed by atoms with Gasteiger partial charge in [0.05, 0.1) is 0 Å². The molecule has 20 heavy (non-hydrogen) atoms. The summed E-state index contributed by atoms with van der Waals surface area (Å²) in [5, 5.41) is 3.06. The predicted molar refractivity (Wildman–Crippen MR) is 82.1 cm³/mol. The number of allylic oxidation sites excluding steroid dienone is 1. The topological polar surface area (TPSA) is 45.2 Å². The molecule has 0 bridgehead atoms. The van der Waals surface area contributed by atoms with E-state index in [0.29, 0.717) is 5.69 Å². The van der Waals surface area contributed by atoms with Crippen LogP contribution in [-0.4, -0.2) is 24.9 Å². The SMILES string of the molecule is CN(C)c1ccc(N/C=C\C(=O)c2ccccn2)cc1. The zero-order valence-corrected chi connectivity index (χ0v) is 11.6. The average molecular weight is 267 g/mol. The van der Waals surface area contributed by atoms with Crippen molar-refractivity contribution in [3.05, 3.63) is 66.6 Å². The van der Waals surface area contributed by atoms with E-state index >= 15 is 0 Å². The molecule has 0 atom stereocenters. The first-order valence-electron chi connectivity index (χ1n) is 6.32. The van der Waals surface area contributed by atoms with Crippen LogP contribution in [0.15, 0.2) is 60.9 Å². The summed E-state index contributed by atoms with van der Waals surface area (Å²) in [6.07, 6.45) is 4.71. The molecule has 1 heterocycles. The number of benzene rings is 1. The third-order valence-electron chi connectivity index (χ3n) is 2.79. The first kappa shape index (κ1) is 13.8. The number of carbonyl (C=O) groups excluding carboxylic acids is 1. The van der Waals surface area contributed by atoms with Gasteiger partial charge >= 0.3 is 0 Å². The number of anilines is 2. The number of aromatic nitrogens is 1.